The maximum absolute atomic E-state index is 5.35. The molecule has 86 valence electrons. The maximum atomic E-state index is 5.35. The molecule has 2 nitrogen and oxygen atoms in total. The summed E-state index contributed by atoms with van der Waals surface area (Å²) in [5.41, 5.74) is 1.25. The smallest absolute Gasteiger partial charge is 0.101 e. The van der Waals surface area contributed by atoms with Crippen LogP contribution in [0, 0.1) is 6.92 Å². The molecule has 0 spiro atoms. The third-order valence-corrected chi connectivity index (χ3v) is 3.70. The van der Waals surface area contributed by atoms with E-state index in [-0.39, 0.29) is 0 Å². The number of furan rings is 1. The van der Waals surface area contributed by atoms with Crippen molar-refractivity contribution in [1.82, 2.24) is 5.32 Å². The highest BCUT2D eigenvalue weighted by Gasteiger charge is 2.11. The molecule has 16 heavy (non-hydrogen) atoms. The van der Waals surface area contributed by atoms with E-state index in [2.05, 4.69) is 28.9 Å². The van der Waals surface area contributed by atoms with Crippen LogP contribution < -0.4 is 5.32 Å². The Balaban J connectivity index is 1.96. The summed E-state index contributed by atoms with van der Waals surface area (Å²) in [5, 5.41) is 5.47. The second kappa shape index (κ2) is 5.32. The predicted molar refractivity (Wildman–Crippen MR) is 67.9 cm³/mol. The van der Waals surface area contributed by atoms with Gasteiger partial charge in [-0.1, -0.05) is 6.07 Å². The van der Waals surface area contributed by atoms with Gasteiger partial charge in [0.05, 0.1) is 6.26 Å². The van der Waals surface area contributed by atoms with Crippen LogP contribution in [0.25, 0.3) is 0 Å². The van der Waals surface area contributed by atoms with E-state index < -0.39 is 0 Å². The van der Waals surface area contributed by atoms with Crippen LogP contribution in [0.5, 0.6) is 0 Å². The van der Waals surface area contributed by atoms with Crippen molar-refractivity contribution in [3.8, 4) is 0 Å². The van der Waals surface area contributed by atoms with Crippen molar-refractivity contribution in [3.05, 3.63) is 46.0 Å². The van der Waals surface area contributed by atoms with E-state index in [0.29, 0.717) is 6.04 Å². The number of rotatable bonds is 5. The van der Waals surface area contributed by atoms with Crippen molar-refractivity contribution in [3.63, 3.8) is 0 Å². The van der Waals surface area contributed by atoms with Gasteiger partial charge in [0, 0.05) is 16.5 Å². The molecule has 0 aliphatic carbocycles. The van der Waals surface area contributed by atoms with E-state index in [1.807, 2.05) is 31.6 Å². The first-order valence-electron chi connectivity index (χ1n) is 5.54. The van der Waals surface area contributed by atoms with E-state index in [1.165, 1.54) is 10.4 Å². The Bertz CT molecular complexity index is 419. The Labute approximate surface area is 100 Å². The minimum atomic E-state index is 0.388. The molecule has 0 aliphatic heterocycles. The Morgan fingerprint density at radius 2 is 2.38 bits per heavy atom. The monoisotopic (exact) mass is 235 g/mol. The summed E-state index contributed by atoms with van der Waals surface area (Å²) in [4.78, 5) is 1.44. The van der Waals surface area contributed by atoms with E-state index in [4.69, 9.17) is 4.42 Å². The van der Waals surface area contributed by atoms with Gasteiger partial charge in [-0.25, -0.2) is 0 Å². The van der Waals surface area contributed by atoms with Gasteiger partial charge in [0.15, 0.2) is 0 Å². The fourth-order valence-electron chi connectivity index (χ4n) is 1.87. The molecule has 0 aromatic carbocycles. The van der Waals surface area contributed by atoms with Crippen molar-refractivity contribution in [2.24, 2.45) is 0 Å². The van der Waals surface area contributed by atoms with Crippen LogP contribution in [0.3, 0.4) is 0 Å². The first kappa shape index (κ1) is 11.4. The number of aryl methyl sites for hydroxylation is 2. The molecule has 0 aliphatic rings. The van der Waals surface area contributed by atoms with Gasteiger partial charge in [-0.05, 0) is 44.3 Å². The lowest BCUT2D eigenvalue weighted by molar-refractivity contribution is 0.511. The zero-order chi connectivity index (χ0) is 11.4. The Hall–Kier alpha value is -1.06. The summed E-state index contributed by atoms with van der Waals surface area (Å²) < 4.78 is 5.35. The van der Waals surface area contributed by atoms with Gasteiger partial charge in [-0.15, -0.1) is 11.3 Å². The molecule has 1 unspecified atom stereocenters. The van der Waals surface area contributed by atoms with Crippen LogP contribution in [-0.4, -0.2) is 7.05 Å². The third-order valence-electron chi connectivity index (χ3n) is 2.76. The average Bonchev–Trinajstić information content (AvgIpc) is 2.91. The number of nitrogens with one attached hydrogen (secondary N) is 1. The summed E-state index contributed by atoms with van der Waals surface area (Å²) in [7, 11) is 2.00. The standard InChI is InChI=1S/C13H17NOS/c1-10-8-11(9-15-10)13(14-2)6-5-12-4-3-7-16-12/h3-4,7-9,13-14H,5-6H2,1-2H3. The molecule has 2 rings (SSSR count). The molecule has 0 saturated carbocycles. The minimum Gasteiger partial charge on any atom is -0.469 e. The maximum Gasteiger partial charge on any atom is 0.101 e. The van der Waals surface area contributed by atoms with Crippen molar-refractivity contribution < 1.29 is 4.42 Å². The van der Waals surface area contributed by atoms with Gasteiger partial charge in [-0.3, -0.25) is 0 Å². The van der Waals surface area contributed by atoms with Gasteiger partial charge in [-0.2, -0.15) is 0 Å². The van der Waals surface area contributed by atoms with Crippen LogP contribution in [0.4, 0.5) is 0 Å². The Morgan fingerprint density at radius 3 is 2.94 bits per heavy atom. The highest BCUT2D eigenvalue weighted by Crippen LogP contribution is 2.22. The lowest BCUT2D eigenvalue weighted by Crippen LogP contribution is -2.16. The Kier molecular flexibility index (Phi) is 3.80. The molecule has 0 radical (unpaired) electrons. The quantitative estimate of drug-likeness (QED) is 0.857. The second-order valence-corrected chi connectivity index (χ2v) is 4.98. The van der Waals surface area contributed by atoms with Crippen LogP contribution >= 0.6 is 11.3 Å². The van der Waals surface area contributed by atoms with E-state index in [0.717, 1.165) is 18.6 Å². The normalized spacial score (nSPS) is 12.9. The molecule has 0 fully saturated rings. The highest BCUT2D eigenvalue weighted by atomic mass is 32.1. The first-order valence-corrected chi connectivity index (χ1v) is 6.42. The predicted octanol–water partition coefficient (Wildman–Crippen LogP) is 3.54. The summed E-state index contributed by atoms with van der Waals surface area (Å²) in [6, 6.07) is 6.80. The molecular formula is C13H17NOS. The number of hydrogen-bond acceptors (Lipinski definition) is 3. The molecule has 3 heteroatoms. The zero-order valence-electron chi connectivity index (χ0n) is 9.69. The van der Waals surface area contributed by atoms with E-state index in [1.54, 1.807) is 0 Å². The van der Waals surface area contributed by atoms with E-state index in [9.17, 15) is 0 Å². The minimum absolute atomic E-state index is 0.388. The molecule has 2 aromatic rings. The van der Waals surface area contributed by atoms with Gasteiger partial charge in [0.1, 0.15) is 5.76 Å². The number of hydrogen-bond donors (Lipinski definition) is 1. The molecule has 0 saturated heterocycles. The lowest BCUT2D eigenvalue weighted by Gasteiger charge is -2.13. The second-order valence-electron chi connectivity index (χ2n) is 3.95. The molecule has 0 bridgehead atoms. The van der Waals surface area contributed by atoms with Crippen molar-refractivity contribution >= 4 is 11.3 Å². The van der Waals surface area contributed by atoms with Crippen molar-refractivity contribution in [2.45, 2.75) is 25.8 Å². The molecule has 1 atom stereocenters. The largest absolute Gasteiger partial charge is 0.469 e. The lowest BCUT2D eigenvalue weighted by atomic mass is 10.0. The average molecular weight is 235 g/mol. The molecule has 2 heterocycles. The van der Waals surface area contributed by atoms with E-state index >= 15 is 0 Å². The summed E-state index contributed by atoms with van der Waals surface area (Å²) >= 11 is 1.82. The van der Waals surface area contributed by atoms with Gasteiger partial charge in [0.25, 0.3) is 0 Å². The van der Waals surface area contributed by atoms with Gasteiger partial charge < -0.3 is 9.73 Å². The number of thiophene rings is 1. The fourth-order valence-corrected chi connectivity index (χ4v) is 2.59. The first-order chi connectivity index (χ1) is 7.79. The molecular weight excluding hydrogens is 218 g/mol. The third kappa shape index (κ3) is 2.74. The fraction of sp³-hybridized carbons (Fsp3) is 0.385. The SMILES string of the molecule is CNC(CCc1cccs1)c1coc(C)c1. The zero-order valence-corrected chi connectivity index (χ0v) is 10.5. The van der Waals surface area contributed by atoms with Crippen LogP contribution in [0.15, 0.2) is 34.3 Å². The molecule has 2 aromatic heterocycles. The molecule has 0 amide bonds. The Morgan fingerprint density at radius 1 is 1.50 bits per heavy atom. The highest BCUT2D eigenvalue weighted by molar-refractivity contribution is 7.09. The summed E-state index contributed by atoms with van der Waals surface area (Å²) in [5.74, 6) is 0.978. The van der Waals surface area contributed by atoms with Gasteiger partial charge in [0.2, 0.25) is 0 Å². The van der Waals surface area contributed by atoms with Crippen LogP contribution in [0.1, 0.15) is 28.7 Å². The summed E-state index contributed by atoms with van der Waals surface area (Å²) in [6.45, 7) is 1.98. The molecule has 1 N–H and O–H groups in total. The van der Waals surface area contributed by atoms with Gasteiger partial charge >= 0.3 is 0 Å². The topological polar surface area (TPSA) is 25.2 Å². The van der Waals surface area contributed by atoms with Crippen LogP contribution in [-0.2, 0) is 6.42 Å². The van der Waals surface area contributed by atoms with Crippen molar-refractivity contribution in [2.75, 3.05) is 7.05 Å². The van der Waals surface area contributed by atoms with Crippen LogP contribution in [0.2, 0.25) is 0 Å². The summed E-state index contributed by atoms with van der Waals surface area (Å²) in [6.07, 6.45) is 4.08. The van der Waals surface area contributed by atoms with Crippen molar-refractivity contribution in [1.29, 1.82) is 0 Å².